The van der Waals surface area contributed by atoms with Crippen molar-refractivity contribution < 1.29 is 0 Å². The first kappa shape index (κ1) is 25.4. The molecule has 1 heteroatoms. The molecule has 0 spiro atoms. The van der Waals surface area contributed by atoms with Crippen molar-refractivity contribution in [2.75, 3.05) is 18.5 Å². The molecule has 0 fully saturated rings. The molecule has 0 saturated carbocycles. The highest BCUT2D eigenvalue weighted by Gasteiger charge is 2.35. The Morgan fingerprint density at radius 1 is 0.643 bits per heavy atom. The van der Waals surface area contributed by atoms with Crippen LogP contribution in [-0.4, -0.2) is 18.5 Å². The van der Waals surface area contributed by atoms with Crippen LogP contribution in [0.1, 0.15) is 109 Å². The molecule has 0 unspecified atom stereocenters. The largest absolute Gasteiger partial charge is 0.0985 e. The Bertz CT molecular complexity index is 456. The van der Waals surface area contributed by atoms with Crippen molar-refractivity contribution in [3.63, 3.8) is 0 Å². The van der Waals surface area contributed by atoms with Gasteiger partial charge in [-0.25, -0.2) is 0 Å². The van der Waals surface area contributed by atoms with E-state index in [2.05, 4.69) is 51.6 Å². The van der Waals surface area contributed by atoms with Crippen LogP contribution in [0.3, 0.4) is 0 Å². The van der Waals surface area contributed by atoms with Crippen molar-refractivity contribution in [2.24, 2.45) is 0 Å². The summed E-state index contributed by atoms with van der Waals surface area (Å²) in [6, 6.07) is 9.30. The Labute approximate surface area is 177 Å². The van der Waals surface area contributed by atoms with Crippen LogP contribution in [0.5, 0.6) is 0 Å². The molecule has 28 heavy (non-hydrogen) atoms. The van der Waals surface area contributed by atoms with E-state index >= 15 is 0 Å². The SMILES string of the molecule is C=Cc1ccc(C[P+](CCCCCC)(CCCCCC)CCCCCC)cc1. The lowest BCUT2D eigenvalue weighted by atomic mass is 10.1. The summed E-state index contributed by atoms with van der Waals surface area (Å²) in [5, 5.41) is 0. The molecular weight excluding hydrogens is 355 g/mol. The van der Waals surface area contributed by atoms with Crippen LogP contribution < -0.4 is 0 Å². The van der Waals surface area contributed by atoms with E-state index in [4.69, 9.17) is 0 Å². The smallest absolute Gasteiger partial charge is 0.0842 e. The zero-order valence-electron chi connectivity index (χ0n) is 19.4. The molecule has 0 amide bonds. The molecule has 160 valence electrons. The summed E-state index contributed by atoms with van der Waals surface area (Å²) in [4.78, 5) is 0. The lowest BCUT2D eigenvalue weighted by molar-refractivity contribution is 0.682. The number of benzene rings is 1. The van der Waals surface area contributed by atoms with Crippen molar-refractivity contribution in [1.82, 2.24) is 0 Å². The summed E-state index contributed by atoms with van der Waals surface area (Å²) in [5.41, 5.74) is 2.84. The van der Waals surface area contributed by atoms with Crippen molar-refractivity contribution in [2.45, 2.75) is 104 Å². The molecule has 0 atom stereocenters. The van der Waals surface area contributed by atoms with Crippen LogP contribution >= 0.6 is 7.26 Å². The van der Waals surface area contributed by atoms with Gasteiger partial charge < -0.3 is 0 Å². The third-order valence-electron chi connectivity index (χ3n) is 6.19. The van der Waals surface area contributed by atoms with Crippen LogP contribution in [0.2, 0.25) is 0 Å². The molecule has 1 aromatic rings. The zero-order valence-corrected chi connectivity index (χ0v) is 20.2. The highest BCUT2D eigenvalue weighted by Crippen LogP contribution is 2.63. The van der Waals surface area contributed by atoms with E-state index in [-0.39, 0.29) is 0 Å². The van der Waals surface area contributed by atoms with E-state index in [1.54, 1.807) is 5.56 Å². The highest BCUT2D eigenvalue weighted by molar-refractivity contribution is 7.75. The molecule has 0 nitrogen and oxygen atoms in total. The van der Waals surface area contributed by atoms with Crippen molar-refractivity contribution in [3.8, 4) is 0 Å². The lowest BCUT2D eigenvalue weighted by Gasteiger charge is -2.28. The number of rotatable bonds is 18. The first-order valence-corrected chi connectivity index (χ1v) is 14.8. The van der Waals surface area contributed by atoms with Crippen LogP contribution in [0.4, 0.5) is 0 Å². The molecule has 1 aromatic carbocycles. The van der Waals surface area contributed by atoms with Crippen molar-refractivity contribution in [3.05, 3.63) is 42.0 Å². The van der Waals surface area contributed by atoms with Gasteiger partial charge in [-0.15, -0.1) is 0 Å². The maximum Gasteiger partial charge on any atom is 0.0842 e. The third-order valence-corrected chi connectivity index (χ3v) is 11.0. The molecular formula is C27H48P+. The summed E-state index contributed by atoms with van der Waals surface area (Å²) >= 11 is 0. The second-order valence-electron chi connectivity index (χ2n) is 8.80. The van der Waals surface area contributed by atoms with Gasteiger partial charge in [0.2, 0.25) is 0 Å². The van der Waals surface area contributed by atoms with Crippen molar-refractivity contribution >= 4 is 13.3 Å². The van der Waals surface area contributed by atoms with Gasteiger partial charge in [-0.05, 0) is 49.7 Å². The Hall–Kier alpha value is -0.610. The maximum atomic E-state index is 3.92. The zero-order chi connectivity index (χ0) is 20.5. The van der Waals surface area contributed by atoms with Gasteiger partial charge >= 0.3 is 0 Å². The topological polar surface area (TPSA) is 0 Å². The Kier molecular flexibility index (Phi) is 14.7. The molecule has 0 radical (unpaired) electrons. The summed E-state index contributed by atoms with van der Waals surface area (Å²) in [6.07, 6.45) is 25.0. The van der Waals surface area contributed by atoms with Gasteiger partial charge in [0.25, 0.3) is 0 Å². The molecule has 0 saturated heterocycles. The van der Waals surface area contributed by atoms with Gasteiger partial charge in [0.1, 0.15) is 0 Å². The molecule has 0 aliphatic carbocycles. The first-order chi connectivity index (χ1) is 13.7. The quantitative estimate of drug-likeness (QED) is 0.169. The molecule has 0 aliphatic heterocycles. The minimum atomic E-state index is -0.888. The van der Waals surface area contributed by atoms with Crippen LogP contribution in [0.25, 0.3) is 6.08 Å². The minimum Gasteiger partial charge on any atom is -0.0985 e. The van der Waals surface area contributed by atoms with Crippen molar-refractivity contribution in [1.29, 1.82) is 0 Å². The summed E-state index contributed by atoms with van der Waals surface area (Å²) in [7, 11) is -0.888. The summed E-state index contributed by atoms with van der Waals surface area (Å²) in [6.45, 7) is 10.9. The Morgan fingerprint density at radius 3 is 1.43 bits per heavy atom. The second-order valence-corrected chi connectivity index (χ2v) is 13.1. The van der Waals surface area contributed by atoms with Crippen LogP contribution in [0, 0.1) is 0 Å². The number of hydrogen-bond acceptors (Lipinski definition) is 0. The van der Waals surface area contributed by atoms with Gasteiger partial charge in [-0.3, -0.25) is 0 Å². The number of hydrogen-bond donors (Lipinski definition) is 0. The Morgan fingerprint density at radius 2 is 1.07 bits per heavy atom. The monoisotopic (exact) mass is 403 g/mol. The van der Waals surface area contributed by atoms with Gasteiger partial charge in [0.05, 0.1) is 24.6 Å². The third kappa shape index (κ3) is 10.8. The van der Waals surface area contributed by atoms with E-state index in [1.165, 1.54) is 107 Å². The van der Waals surface area contributed by atoms with Gasteiger partial charge in [0.15, 0.2) is 0 Å². The van der Waals surface area contributed by atoms with E-state index in [9.17, 15) is 0 Å². The molecule has 0 N–H and O–H groups in total. The minimum absolute atomic E-state index is 0.888. The number of unbranched alkanes of at least 4 members (excludes halogenated alkanes) is 9. The van der Waals surface area contributed by atoms with Gasteiger partial charge in [-0.2, -0.15) is 0 Å². The normalized spacial score (nSPS) is 11.7. The second kappa shape index (κ2) is 16.2. The predicted octanol–water partition coefficient (Wildman–Crippen LogP) is 9.59. The van der Waals surface area contributed by atoms with E-state index in [0.29, 0.717) is 0 Å². The fourth-order valence-corrected chi connectivity index (χ4v) is 9.15. The highest BCUT2D eigenvalue weighted by atomic mass is 31.2. The maximum absolute atomic E-state index is 3.92. The van der Waals surface area contributed by atoms with Crippen LogP contribution in [-0.2, 0) is 6.16 Å². The fourth-order valence-electron chi connectivity index (χ4n) is 4.34. The van der Waals surface area contributed by atoms with Gasteiger partial charge in [-0.1, -0.05) is 96.2 Å². The van der Waals surface area contributed by atoms with E-state index < -0.39 is 7.26 Å². The predicted molar refractivity (Wildman–Crippen MR) is 134 cm³/mol. The molecule has 0 bridgehead atoms. The lowest BCUT2D eigenvalue weighted by Crippen LogP contribution is -2.12. The fraction of sp³-hybridized carbons (Fsp3) is 0.704. The van der Waals surface area contributed by atoms with Gasteiger partial charge in [0, 0.05) is 7.26 Å². The molecule has 0 heterocycles. The van der Waals surface area contributed by atoms with E-state index in [0.717, 1.165) is 0 Å². The summed E-state index contributed by atoms with van der Waals surface area (Å²) in [5.74, 6) is 0. The summed E-state index contributed by atoms with van der Waals surface area (Å²) < 4.78 is 0. The average Bonchev–Trinajstić information content (AvgIpc) is 2.72. The van der Waals surface area contributed by atoms with E-state index in [1.807, 2.05) is 6.08 Å². The molecule has 1 rings (SSSR count). The Balaban J connectivity index is 2.87. The average molecular weight is 404 g/mol. The standard InChI is InChI=1S/C27H48P/c1-5-9-12-15-22-28(23-16-13-10-6-2,24-17-14-11-7-3)25-27-20-18-26(8-4)19-21-27/h8,18-21H,4-7,9-17,22-25H2,1-3H3/q+1. The molecule has 0 aliphatic rings. The molecule has 0 aromatic heterocycles. The van der Waals surface area contributed by atoms with Crippen LogP contribution in [0.15, 0.2) is 30.8 Å². The first-order valence-electron chi connectivity index (χ1n) is 12.3.